The van der Waals surface area contributed by atoms with Crippen molar-refractivity contribution >= 4 is 28.9 Å². The van der Waals surface area contributed by atoms with Crippen molar-refractivity contribution in [2.75, 3.05) is 30.4 Å². The number of anilines is 3. The van der Waals surface area contributed by atoms with Crippen LogP contribution in [0.4, 0.5) is 30.4 Å². The fourth-order valence-corrected chi connectivity index (χ4v) is 4.98. The Morgan fingerprint density at radius 2 is 2.00 bits per heavy atom. The number of amides is 1. The van der Waals surface area contributed by atoms with Crippen LogP contribution in [-0.2, 0) is 13.6 Å². The van der Waals surface area contributed by atoms with Crippen molar-refractivity contribution in [3.05, 3.63) is 71.8 Å². The van der Waals surface area contributed by atoms with Gasteiger partial charge in [-0.1, -0.05) is 18.7 Å². The van der Waals surface area contributed by atoms with Gasteiger partial charge in [0, 0.05) is 44.3 Å². The number of carbonyl (C=O) groups excluding carboxylic acids is 1. The molecular weight excluding hydrogens is 521 g/mol. The molecule has 0 unspecified atom stereocenters. The predicted molar refractivity (Wildman–Crippen MR) is 149 cm³/mol. The molecule has 1 fully saturated rings. The minimum atomic E-state index is -3.03. The van der Waals surface area contributed by atoms with Crippen molar-refractivity contribution < 1.29 is 18.0 Å². The molecule has 4 N–H and O–H groups in total. The second-order valence-corrected chi connectivity index (χ2v) is 10.3. The lowest BCUT2D eigenvalue weighted by Gasteiger charge is -2.43. The highest BCUT2D eigenvalue weighted by Gasteiger charge is 2.30. The van der Waals surface area contributed by atoms with Gasteiger partial charge in [-0.3, -0.25) is 4.79 Å². The standard InChI is InChI=1S/C28H31F3N8O/c1-5-17(25(30)31)24(29)26-34-14-21(38(26)4)18-7-8-20(23-19(18)13-35-27(23)40)36-22-9-6-16(12-33-22)37-39-11-10-32-15-28(39,2)3/h5-9,12,14,25,32,37H,1,10-11,13,15H2,2-4H3,(H,33,36)(H,35,40)/b24-17-. The fourth-order valence-electron chi connectivity index (χ4n) is 4.98. The molecule has 0 radical (unpaired) electrons. The maximum atomic E-state index is 14.8. The molecule has 12 heteroatoms. The highest BCUT2D eigenvalue weighted by Crippen LogP contribution is 2.36. The maximum Gasteiger partial charge on any atom is 0.266 e. The van der Waals surface area contributed by atoms with Crippen molar-refractivity contribution in [1.29, 1.82) is 0 Å². The van der Waals surface area contributed by atoms with Crippen molar-refractivity contribution in [3.63, 3.8) is 0 Å². The zero-order valence-electron chi connectivity index (χ0n) is 22.5. The Kier molecular flexibility index (Phi) is 7.39. The van der Waals surface area contributed by atoms with Crippen LogP contribution in [0.25, 0.3) is 17.1 Å². The van der Waals surface area contributed by atoms with E-state index in [1.165, 1.54) is 17.8 Å². The van der Waals surface area contributed by atoms with Gasteiger partial charge in [0.1, 0.15) is 5.82 Å². The van der Waals surface area contributed by atoms with E-state index in [0.29, 0.717) is 33.9 Å². The maximum absolute atomic E-state index is 14.8. The van der Waals surface area contributed by atoms with E-state index in [1.54, 1.807) is 18.3 Å². The molecule has 1 saturated heterocycles. The second kappa shape index (κ2) is 10.8. The third-order valence-corrected chi connectivity index (χ3v) is 7.23. The Hall–Kier alpha value is -4.16. The number of nitrogens with one attached hydrogen (secondary N) is 4. The van der Waals surface area contributed by atoms with E-state index in [2.05, 4.69) is 56.8 Å². The number of halogens is 3. The Morgan fingerprint density at radius 3 is 2.67 bits per heavy atom. The Balaban J connectivity index is 1.41. The average molecular weight is 553 g/mol. The summed E-state index contributed by atoms with van der Waals surface area (Å²) in [5, 5.41) is 11.6. The van der Waals surface area contributed by atoms with Gasteiger partial charge in [-0.2, -0.15) is 0 Å². The summed E-state index contributed by atoms with van der Waals surface area (Å²) in [6.07, 6.45) is 0.893. The molecule has 0 saturated carbocycles. The number of imidazole rings is 1. The van der Waals surface area contributed by atoms with E-state index >= 15 is 0 Å². The Bertz CT molecular complexity index is 1480. The van der Waals surface area contributed by atoms with Gasteiger partial charge < -0.3 is 25.9 Å². The SMILES string of the molecule is C=C/C(=C(/F)c1ncc(-c2ccc(Nc3ccc(NN4CCNCC4(C)C)cn3)c3c2CNC3=O)n1C)C(F)F. The van der Waals surface area contributed by atoms with Crippen LogP contribution in [0.3, 0.4) is 0 Å². The second-order valence-electron chi connectivity index (χ2n) is 10.3. The first-order chi connectivity index (χ1) is 19.1. The lowest BCUT2D eigenvalue weighted by Crippen LogP contribution is -2.59. The molecule has 9 nitrogen and oxygen atoms in total. The van der Waals surface area contributed by atoms with Gasteiger partial charge in [0.05, 0.1) is 40.6 Å². The smallest absolute Gasteiger partial charge is 0.266 e. The van der Waals surface area contributed by atoms with Gasteiger partial charge in [0.25, 0.3) is 12.3 Å². The van der Waals surface area contributed by atoms with Gasteiger partial charge in [0.15, 0.2) is 11.7 Å². The molecule has 0 bridgehead atoms. The first kappa shape index (κ1) is 27.4. The third kappa shape index (κ3) is 5.07. The van der Waals surface area contributed by atoms with Crippen LogP contribution >= 0.6 is 0 Å². The lowest BCUT2D eigenvalue weighted by molar-refractivity contribution is 0.0966. The highest BCUT2D eigenvalue weighted by molar-refractivity contribution is 6.06. The van der Waals surface area contributed by atoms with E-state index in [-0.39, 0.29) is 23.8 Å². The number of nitrogens with zero attached hydrogens (tertiary/aromatic N) is 4. The molecule has 2 aliphatic rings. The minimum Gasteiger partial charge on any atom is -0.348 e. The van der Waals surface area contributed by atoms with Crippen LogP contribution in [0.15, 0.2) is 54.9 Å². The zero-order valence-corrected chi connectivity index (χ0v) is 22.5. The van der Waals surface area contributed by atoms with E-state index < -0.39 is 17.8 Å². The van der Waals surface area contributed by atoms with E-state index in [0.717, 1.165) is 31.4 Å². The number of pyridine rings is 1. The topological polar surface area (TPSA) is 99.1 Å². The number of hydrogen-bond donors (Lipinski definition) is 4. The average Bonchev–Trinajstić information content (AvgIpc) is 3.50. The van der Waals surface area contributed by atoms with Crippen molar-refractivity contribution in [2.45, 2.75) is 32.4 Å². The largest absolute Gasteiger partial charge is 0.348 e. The molecule has 210 valence electrons. The highest BCUT2D eigenvalue weighted by atomic mass is 19.3. The third-order valence-electron chi connectivity index (χ3n) is 7.23. The van der Waals surface area contributed by atoms with Crippen molar-refractivity contribution in [2.24, 2.45) is 7.05 Å². The van der Waals surface area contributed by atoms with Crippen LogP contribution in [-0.4, -0.2) is 57.0 Å². The number of allylic oxidation sites excluding steroid dienone is 2. The van der Waals surface area contributed by atoms with Crippen LogP contribution in [0, 0.1) is 0 Å². The first-order valence-electron chi connectivity index (χ1n) is 12.9. The number of piperazine rings is 1. The molecule has 4 heterocycles. The molecule has 0 spiro atoms. The Labute approximate surface area is 230 Å². The number of fused-ring (bicyclic) bond motifs is 1. The molecule has 0 atom stereocenters. The molecular formula is C28H31F3N8O. The number of benzene rings is 1. The van der Waals surface area contributed by atoms with Crippen LogP contribution in [0.2, 0.25) is 0 Å². The van der Waals surface area contributed by atoms with Crippen molar-refractivity contribution in [1.82, 2.24) is 30.2 Å². The Morgan fingerprint density at radius 1 is 1.20 bits per heavy atom. The zero-order chi connectivity index (χ0) is 28.6. The van der Waals surface area contributed by atoms with Crippen molar-refractivity contribution in [3.8, 4) is 11.3 Å². The quantitative estimate of drug-likeness (QED) is 0.303. The summed E-state index contributed by atoms with van der Waals surface area (Å²) >= 11 is 0. The summed E-state index contributed by atoms with van der Waals surface area (Å²) in [6.45, 7) is 10.5. The van der Waals surface area contributed by atoms with E-state index in [4.69, 9.17) is 0 Å². The number of alkyl halides is 2. The molecule has 1 amide bonds. The molecule has 2 aromatic heterocycles. The fraction of sp³-hybridized carbons (Fsp3) is 0.321. The summed E-state index contributed by atoms with van der Waals surface area (Å²) in [7, 11) is 1.53. The molecule has 0 aliphatic carbocycles. The van der Waals surface area contributed by atoms with E-state index in [1.807, 2.05) is 12.1 Å². The first-order valence-corrected chi connectivity index (χ1v) is 12.9. The van der Waals surface area contributed by atoms with Gasteiger partial charge in [-0.05, 0) is 37.6 Å². The molecule has 40 heavy (non-hydrogen) atoms. The van der Waals surface area contributed by atoms with E-state index in [9.17, 15) is 18.0 Å². The summed E-state index contributed by atoms with van der Waals surface area (Å²) in [5.41, 5.74) is 6.18. The summed E-state index contributed by atoms with van der Waals surface area (Å²) < 4.78 is 42.7. The molecule has 3 aromatic rings. The van der Waals surface area contributed by atoms with Gasteiger partial charge in [-0.15, -0.1) is 0 Å². The van der Waals surface area contributed by atoms with Crippen LogP contribution < -0.4 is 21.4 Å². The van der Waals surface area contributed by atoms with Gasteiger partial charge >= 0.3 is 0 Å². The molecule has 5 rings (SSSR count). The molecule has 2 aliphatic heterocycles. The van der Waals surface area contributed by atoms with Crippen LogP contribution in [0.1, 0.15) is 35.6 Å². The number of hydrazine groups is 1. The number of carbonyl (C=O) groups is 1. The number of rotatable bonds is 8. The van der Waals surface area contributed by atoms with Gasteiger partial charge in [-0.25, -0.2) is 28.1 Å². The lowest BCUT2D eigenvalue weighted by atomic mass is 9.99. The summed E-state index contributed by atoms with van der Waals surface area (Å²) in [4.78, 5) is 21.4. The van der Waals surface area contributed by atoms with Gasteiger partial charge in [0.2, 0.25) is 0 Å². The predicted octanol–water partition coefficient (Wildman–Crippen LogP) is 4.61. The molecule has 1 aromatic carbocycles. The summed E-state index contributed by atoms with van der Waals surface area (Å²) in [6, 6.07) is 7.27. The monoisotopic (exact) mass is 552 g/mol. The number of aromatic nitrogens is 3. The summed E-state index contributed by atoms with van der Waals surface area (Å²) in [5.74, 6) is -1.11. The minimum absolute atomic E-state index is 0.0572. The normalized spacial score (nSPS) is 17.3. The number of hydrogen-bond acceptors (Lipinski definition) is 7. The van der Waals surface area contributed by atoms with Crippen LogP contribution in [0.5, 0.6) is 0 Å².